The standard InChI is InChI=1S/C29H28N6O/c1-20-9-8-12-23(17-20)27-31-32-28-24-13-6-7-14-25(24)30-29(35(27)28)33-15-16-34(21(2)19-33)26(36)18-22-10-4-3-5-11-22/h3-14,17,21H,15-16,18-19H2,1-2H3/t21-/m1/s1. The first kappa shape index (κ1) is 22.2. The average Bonchev–Trinajstić information content (AvgIpc) is 3.34. The van der Waals surface area contributed by atoms with E-state index < -0.39 is 0 Å². The Balaban J connectivity index is 1.37. The lowest BCUT2D eigenvalue weighted by Gasteiger charge is -2.40. The van der Waals surface area contributed by atoms with E-state index in [4.69, 9.17) is 4.98 Å². The van der Waals surface area contributed by atoms with Gasteiger partial charge in [-0.05, 0) is 37.6 Å². The molecule has 5 aromatic rings. The fraction of sp³-hybridized carbons (Fsp3) is 0.241. The maximum absolute atomic E-state index is 13.1. The Kier molecular flexibility index (Phi) is 5.60. The molecule has 7 heteroatoms. The first-order valence-electron chi connectivity index (χ1n) is 12.4. The first-order valence-corrected chi connectivity index (χ1v) is 12.4. The number of piperazine rings is 1. The minimum absolute atomic E-state index is 0.0529. The fourth-order valence-electron chi connectivity index (χ4n) is 5.13. The molecular weight excluding hydrogens is 448 g/mol. The molecule has 0 bridgehead atoms. The zero-order valence-corrected chi connectivity index (χ0v) is 20.5. The van der Waals surface area contributed by atoms with E-state index in [9.17, 15) is 4.79 Å². The molecule has 1 aliphatic heterocycles. The van der Waals surface area contributed by atoms with Crippen LogP contribution in [-0.4, -0.2) is 56.1 Å². The van der Waals surface area contributed by atoms with E-state index in [-0.39, 0.29) is 11.9 Å². The van der Waals surface area contributed by atoms with Crippen molar-refractivity contribution >= 4 is 28.4 Å². The molecule has 0 aliphatic carbocycles. The van der Waals surface area contributed by atoms with Gasteiger partial charge in [0.2, 0.25) is 11.9 Å². The van der Waals surface area contributed by atoms with Gasteiger partial charge in [0.05, 0.1) is 11.9 Å². The third kappa shape index (κ3) is 3.96. The molecule has 0 spiro atoms. The number of hydrogen-bond donors (Lipinski definition) is 0. The number of nitrogens with zero attached hydrogens (tertiary/aromatic N) is 6. The number of hydrogen-bond acceptors (Lipinski definition) is 5. The molecule has 1 amide bonds. The zero-order valence-electron chi connectivity index (χ0n) is 20.5. The quantitative estimate of drug-likeness (QED) is 0.381. The highest BCUT2D eigenvalue weighted by Crippen LogP contribution is 2.30. The fourth-order valence-corrected chi connectivity index (χ4v) is 5.13. The summed E-state index contributed by atoms with van der Waals surface area (Å²) in [5.41, 5.74) is 4.90. The van der Waals surface area contributed by atoms with E-state index >= 15 is 0 Å². The van der Waals surface area contributed by atoms with E-state index in [1.807, 2.05) is 65.6 Å². The molecule has 0 saturated carbocycles. The summed E-state index contributed by atoms with van der Waals surface area (Å²) in [5.74, 6) is 1.75. The monoisotopic (exact) mass is 476 g/mol. The molecule has 1 aliphatic rings. The number of aromatic nitrogens is 4. The second-order valence-electron chi connectivity index (χ2n) is 9.53. The Morgan fingerprint density at radius 2 is 1.75 bits per heavy atom. The molecule has 180 valence electrons. The SMILES string of the molecule is Cc1cccc(-c2nnc3c4ccccc4nc(N4CCN(C(=O)Cc5ccccc5)[C@H](C)C4)n23)c1. The Morgan fingerprint density at radius 1 is 0.944 bits per heavy atom. The van der Waals surface area contributed by atoms with Crippen molar-refractivity contribution in [2.75, 3.05) is 24.5 Å². The van der Waals surface area contributed by atoms with E-state index in [0.717, 1.165) is 39.4 Å². The molecule has 3 heterocycles. The third-order valence-corrected chi connectivity index (χ3v) is 6.93. The van der Waals surface area contributed by atoms with Crippen molar-refractivity contribution in [2.45, 2.75) is 26.3 Å². The summed E-state index contributed by atoms with van der Waals surface area (Å²) in [6.45, 7) is 6.21. The maximum atomic E-state index is 13.1. The molecule has 1 saturated heterocycles. The number of aryl methyl sites for hydroxylation is 1. The number of rotatable bonds is 4. The lowest BCUT2D eigenvalue weighted by atomic mass is 10.1. The summed E-state index contributed by atoms with van der Waals surface area (Å²) in [6, 6.07) is 26.4. The second-order valence-corrected chi connectivity index (χ2v) is 9.53. The zero-order chi connectivity index (χ0) is 24.6. The van der Waals surface area contributed by atoms with Crippen LogP contribution < -0.4 is 4.90 Å². The first-order chi connectivity index (χ1) is 17.6. The number of anilines is 1. The highest BCUT2D eigenvalue weighted by atomic mass is 16.2. The lowest BCUT2D eigenvalue weighted by Crippen LogP contribution is -2.55. The Labute approximate surface area is 210 Å². The predicted molar refractivity (Wildman–Crippen MR) is 142 cm³/mol. The van der Waals surface area contributed by atoms with Crippen LogP contribution in [0.5, 0.6) is 0 Å². The maximum Gasteiger partial charge on any atom is 0.227 e. The van der Waals surface area contributed by atoms with Gasteiger partial charge in [-0.2, -0.15) is 0 Å². The molecule has 7 nitrogen and oxygen atoms in total. The van der Waals surface area contributed by atoms with Crippen LogP contribution in [-0.2, 0) is 11.2 Å². The van der Waals surface area contributed by atoms with Gasteiger partial charge in [-0.1, -0.05) is 66.2 Å². The van der Waals surface area contributed by atoms with Crippen molar-refractivity contribution in [3.63, 3.8) is 0 Å². The molecule has 1 atom stereocenters. The van der Waals surface area contributed by atoms with Gasteiger partial charge in [0, 0.05) is 36.6 Å². The molecule has 2 aromatic heterocycles. The van der Waals surface area contributed by atoms with E-state index in [0.29, 0.717) is 26.1 Å². The highest BCUT2D eigenvalue weighted by Gasteiger charge is 2.30. The topological polar surface area (TPSA) is 66.6 Å². The largest absolute Gasteiger partial charge is 0.338 e. The van der Waals surface area contributed by atoms with Crippen molar-refractivity contribution in [3.8, 4) is 11.4 Å². The Bertz CT molecular complexity index is 1560. The van der Waals surface area contributed by atoms with Crippen LogP contribution in [0.2, 0.25) is 0 Å². The van der Waals surface area contributed by atoms with Crippen molar-refractivity contribution in [3.05, 3.63) is 90.0 Å². The van der Waals surface area contributed by atoms with Gasteiger partial charge in [0.25, 0.3) is 0 Å². The van der Waals surface area contributed by atoms with Crippen molar-refractivity contribution < 1.29 is 4.79 Å². The van der Waals surface area contributed by atoms with Crippen LogP contribution in [0.25, 0.3) is 27.9 Å². The lowest BCUT2D eigenvalue weighted by molar-refractivity contribution is -0.132. The predicted octanol–water partition coefficient (Wildman–Crippen LogP) is 4.53. The molecule has 3 aromatic carbocycles. The molecular formula is C29H28N6O. The van der Waals surface area contributed by atoms with E-state index in [1.165, 1.54) is 5.56 Å². The summed E-state index contributed by atoms with van der Waals surface area (Å²) in [5, 5.41) is 10.2. The van der Waals surface area contributed by atoms with Gasteiger partial charge >= 0.3 is 0 Å². The van der Waals surface area contributed by atoms with Crippen LogP contribution in [0.15, 0.2) is 78.9 Å². The highest BCUT2D eigenvalue weighted by molar-refractivity contribution is 5.93. The molecule has 0 unspecified atom stereocenters. The summed E-state index contributed by atoms with van der Waals surface area (Å²) >= 11 is 0. The van der Waals surface area contributed by atoms with Crippen LogP contribution in [0.1, 0.15) is 18.1 Å². The molecule has 1 fully saturated rings. The smallest absolute Gasteiger partial charge is 0.227 e. The minimum Gasteiger partial charge on any atom is -0.338 e. The molecule has 0 N–H and O–H groups in total. The number of fused-ring (bicyclic) bond motifs is 3. The number of benzene rings is 3. The number of amides is 1. The third-order valence-electron chi connectivity index (χ3n) is 6.93. The molecule has 6 rings (SSSR count). The summed E-state index contributed by atoms with van der Waals surface area (Å²) in [6.07, 6.45) is 0.423. The van der Waals surface area contributed by atoms with E-state index in [2.05, 4.69) is 51.5 Å². The number of para-hydroxylation sites is 1. The van der Waals surface area contributed by atoms with Crippen molar-refractivity contribution in [2.24, 2.45) is 0 Å². The van der Waals surface area contributed by atoms with Gasteiger partial charge in [0.1, 0.15) is 0 Å². The summed E-state index contributed by atoms with van der Waals surface area (Å²) < 4.78 is 2.07. The van der Waals surface area contributed by atoms with Crippen molar-refractivity contribution in [1.82, 2.24) is 24.5 Å². The van der Waals surface area contributed by atoms with Gasteiger partial charge in [0.15, 0.2) is 11.5 Å². The Morgan fingerprint density at radius 3 is 2.56 bits per heavy atom. The van der Waals surface area contributed by atoms with Crippen LogP contribution in [0.3, 0.4) is 0 Å². The number of carbonyl (C=O) groups excluding carboxylic acids is 1. The van der Waals surface area contributed by atoms with Gasteiger partial charge in [-0.15, -0.1) is 10.2 Å². The summed E-state index contributed by atoms with van der Waals surface area (Å²) in [4.78, 5) is 22.4. The van der Waals surface area contributed by atoms with Crippen LogP contribution in [0, 0.1) is 6.92 Å². The summed E-state index contributed by atoms with van der Waals surface area (Å²) in [7, 11) is 0. The van der Waals surface area contributed by atoms with Gasteiger partial charge < -0.3 is 9.80 Å². The minimum atomic E-state index is 0.0529. The van der Waals surface area contributed by atoms with Crippen LogP contribution >= 0.6 is 0 Å². The Hall–Kier alpha value is -4.26. The normalized spacial score (nSPS) is 16.1. The van der Waals surface area contributed by atoms with Crippen LogP contribution in [0.4, 0.5) is 5.95 Å². The van der Waals surface area contributed by atoms with Crippen molar-refractivity contribution in [1.29, 1.82) is 0 Å². The molecule has 36 heavy (non-hydrogen) atoms. The number of carbonyl (C=O) groups is 1. The average molecular weight is 477 g/mol. The van der Waals surface area contributed by atoms with Gasteiger partial charge in [-0.25, -0.2) is 9.38 Å². The van der Waals surface area contributed by atoms with Gasteiger partial charge in [-0.3, -0.25) is 4.79 Å². The molecule has 0 radical (unpaired) electrons. The second kappa shape index (κ2) is 9.07. The van der Waals surface area contributed by atoms with E-state index in [1.54, 1.807) is 0 Å².